The van der Waals surface area contributed by atoms with Gasteiger partial charge in [-0.1, -0.05) is 12.5 Å². The first-order chi connectivity index (χ1) is 9.79. The molecule has 0 saturated heterocycles. The van der Waals surface area contributed by atoms with E-state index in [9.17, 15) is 0 Å². The molecule has 3 heteroatoms. The van der Waals surface area contributed by atoms with Gasteiger partial charge in [-0.2, -0.15) is 0 Å². The van der Waals surface area contributed by atoms with E-state index in [-0.39, 0.29) is 0 Å². The highest BCUT2D eigenvalue weighted by Gasteiger charge is 2.17. The van der Waals surface area contributed by atoms with E-state index in [1.54, 1.807) is 7.11 Å². The van der Waals surface area contributed by atoms with Crippen LogP contribution in [0.5, 0.6) is 11.5 Å². The fourth-order valence-corrected chi connectivity index (χ4v) is 2.57. The largest absolute Gasteiger partial charge is 0.490 e. The van der Waals surface area contributed by atoms with E-state index in [0.717, 1.165) is 37.4 Å². The summed E-state index contributed by atoms with van der Waals surface area (Å²) in [6, 6.07) is 6.18. The molecule has 0 spiro atoms. The molecule has 0 N–H and O–H groups in total. The molecule has 2 rings (SSSR count). The highest BCUT2D eigenvalue weighted by atomic mass is 16.5. The van der Waals surface area contributed by atoms with Crippen molar-refractivity contribution < 1.29 is 14.2 Å². The Morgan fingerprint density at radius 3 is 2.60 bits per heavy atom. The van der Waals surface area contributed by atoms with E-state index in [2.05, 4.69) is 19.1 Å². The summed E-state index contributed by atoms with van der Waals surface area (Å²) in [5, 5.41) is 0. The molecule has 0 atom stereocenters. The molecule has 1 aromatic carbocycles. The Bertz CT molecular complexity index is 397. The minimum Gasteiger partial charge on any atom is -0.490 e. The Morgan fingerprint density at radius 1 is 1.05 bits per heavy atom. The van der Waals surface area contributed by atoms with Crippen LogP contribution in [0.3, 0.4) is 0 Å². The van der Waals surface area contributed by atoms with Crippen LogP contribution in [0, 0.1) is 6.92 Å². The average Bonchev–Trinajstić information content (AvgIpc) is 2.47. The van der Waals surface area contributed by atoms with Crippen molar-refractivity contribution in [2.24, 2.45) is 0 Å². The van der Waals surface area contributed by atoms with Gasteiger partial charge >= 0.3 is 0 Å². The highest BCUT2D eigenvalue weighted by Crippen LogP contribution is 2.32. The van der Waals surface area contributed by atoms with E-state index < -0.39 is 0 Å². The lowest BCUT2D eigenvalue weighted by Crippen LogP contribution is -2.20. The van der Waals surface area contributed by atoms with Crippen LogP contribution < -0.4 is 9.47 Å². The van der Waals surface area contributed by atoms with Crippen LogP contribution in [-0.2, 0) is 4.74 Å². The van der Waals surface area contributed by atoms with Crippen molar-refractivity contribution >= 4 is 0 Å². The van der Waals surface area contributed by atoms with Crippen molar-refractivity contribution in [2.45, 2.75) is 51.6 Å². The zero-order valence-corrected chi connectivity index (χ0v) is 12.7. The second-order valence-corrected chi connectivity index (χ2v) is 5.52. The molecule has 1 saturated carbocycles. The second-order valence-electron chi connectivity index (χ2n) is 5.52. The number of hydrogen-bond acceptors (Lipinski definition) is 3. The molecule has 0 amide bonds. The molecule has 1 aliphatic rings. The van der Waals surface area contributed by atoms with Gasteiger partial charge in [0.05, 0.1) is 12.7 Å². The quantitative estimate of drug-likeness (QED) is 0.702. The smallest absolute Gasteiger partial charge is 0.161 e. The zero-order chi connectivity index (χ0) is 14.2. The van der Waals surface area contributed by atoms with Gasteiger partial charge in [-0.15, -0.1) is 0 Å². The molecule has 3 nitrogen and oxygen atoms in total. The molecule has 20 heavy (non-hydrogen) atoms. The lowest BCUT2D eigenvalue weighted by Gasteiger charge is -2.24. The molecule has 1 aliphatic carbocycles. The Balaban J connectivity index is 1.95. The number of aryl methyl sites for hydroxylation is 1. The third-order valence-corrected chi connectivity index (χ3v) is 3.70. The van der Waals surface area contributed by atoms with E-state index in [1.165, 1.54) is 24.8 Å². The van der Waals surface area contributed by atoms with Gasteiger partial charge in [0.15, 0.2) is 11.5 Å². The van der Waals surface area contributed by atoms with Crippen molar-refractivity contribution in [1.29, 1.82) is 0 Å². The van der Waals surface area contributed by atoms with Gasteiger partial charge in [0, 0.05) is 20.1 Å². The monoisotopic (exact) mass is 278 g/mol. The Hall–Kier alpha value is -1.22. The summed E-state index contributed by atoms with van der Waals surface area (Å²) in [5.41, 5.74) is 1.20. The van der Waals surface area contributed by atoms with Crippen molar-refractivity contribution in [3.8, 4) is 11.5 Å². The summed E-state index contributed by atoms with van der Waals surface area (Å²) in [7, 11) is 1.71. The van der Waals surface area contributed by atoms with Crippen LogP contribution >= 0.6 is 0 Å². The number of ether oxygens (including phenoxy) is 3. The Kier molecular flexibility index (Phi) is 6.19. The molecule has 0 heterocycles. The molecular formula is C17H26O3. The minimum atomic E-state index is 0.354. The van der Waals surface area contributed by atoms with E-state index >= 15 is 0 Å². The van der Waals surface area contributed by atoms with Gasteiger partial charge < -0.3 is 14.2 Å². The molecule has 0 aromatic heterocycles. The maximum absolute atomic E-state index is 6.14. The van der Waals surface area contributed by atoms with Crippen molar-refractivity contribution in [3.05, 3.63) is 23.8 Å². The normalized spacial score (nSPS) is 16.1. The van der Waals surface area contributed by atoms with Crippen LogP contribution in [0.2, 0.25) is 0 Å². The molecule has 1 aromatic rings. The fraction of sp³-hybridized carbons (Fsp3) is 0.647. The fourth-order valence-electron chi connectivity index (χ4n) is 2.57. The number of benzene rings is 1. The maximum atomic E-state index is 6.14. The van der Waals surface area contributed by atoms with Crippen molar-refractivity contribution in [3.63, 3.8) is 0 Å². The number of hydrogen-bond donors (Lipinski definition) is 0. The molecule has 0 bridgehead atoms. The predicted molar refractivity (Wildman–Crippen MR) is 80.7 cm³/mol. The van der Waals surface area contributed by atoms with Crippen LogP contribution in [0.25, 0.3) is 0 Å². The SMILES string of the molecule is COCCCOc1cc(C)ccc1OC1CCCCC1. The summed E-state index contributed by atoms with van der Waals surface area (Å²) in [4.78, 5) is 0. The summed E-state index contributed by atoms with van der Waals surface area (Å²) >= 11 is 0. The Morgan fingerprint density at radius 2 is 1.85 bits per heavy atom. The first kappa shape index (κ1) is 15.2. The summed E-state index contributed by atoms with van der Waals surface area (Å²) in [6.45, 7) is 3.47. The summed E-state index contributed by atoms with van der Waals surface area (Å²) in [5.74, 6) is 1.76. The third-order valence-electron chi connectivity index (χ3n) is 3.70. The van der Waals surface area contributed by atoms with Crippen LogP contribution in [0.4, 0.5) is 0 Å². The summed E-state index contributed by atoms with van der Waals surface area (Å²) in [6.07, 6.45) is 7.48. The predicted octanol–water partition coefficient (Wildman–Crippen LogP) is 4.12. The van der Waals surface area contributed by atoms with Crippen LogP contribution in [0.1, 0.15) is 44.1 Å². The second kappa shape index (κ2) is 8.15. The lowest BCUT2D eigenvalue weighted by atomic mass is 9.98. The van der Waals surface area contributed by atoms with E-state index in [4.69, 9.17) is 14.2 Å². The van der Waals surface area contributed by atoms with E-state index in [0.29, 0.717) is 12.7 Å². The van der Waals surface area contributed by atoms with Gasteiger partial charge in [0.2, 0.25) is 0 Å². The number of methoxy groups -OCH3 is 1. The lowest BCUT2D eigenvalue weighted by molar-refractivity contribution is 0.142. The molecule has 112 valence electrons. The van der Waals surface area contributed by atoms with Crippen LogP contribution in [-0.4, -0.2) is 26.4 Å². The number of rotatable bonds is 7. The average molecular weight is 278 g/mol. The zero-order valence-electron chi connectivity index (χ0n) is 12.7. The first-order valence-electron chi connectivity index (χ1n) is 7.68. The minimum absolute atomic E-state index is 0.354. The topological polar surface area (TPSA) is 27.7 Å². The van der Waals surface area contributed by atoms with Crippen molar-refractivity contribution in [2.75, 3.05) is 20.3 Å². The van der Waals surface area contributed by atoms with Crippen molar-refractivity contribution in [1.82, 2.24) is 0 Å². The summed E-state index contributed by atoms with van der Waals surface area (Å²) < 4.78 is 17.0. The third kappa shape index (κ3) is 4.71. The maximum Gasteiger partial charge on any atom is 0.161 e. The first-order valence-corrected chi connectivity index (χ1v) is 7.68. The van der Waals surface area contributed by atoms with E-state index in [1.807, 2.05) is 6.07 Å². The molecule has 0 unspecified atom stereocenters. The molecule has 0 aliphatic heterocycles. The Labute approximate surface area is 122 Å². The molecular weight excluding hydrogens is 252 g/mol. The van der Waals surface area contributed by atoms with Gasteiger partial charge in [0.25, 0.3) is 0 Å². The van der Waals surface area contributed by atoms with Gasteiger partial charge in [-0.25, -0.2) is 0 Å². The molecule has 0 radical (unpaired) electrons. The highest BCUT2D eigenvalue weighted by molar-refractivity contribution is 5.42. The van der Waals surface area contributed by atoms with Gasteiger partial charge in [-0.05, 0) is 50.3 Å². The molecule has 1 fully saturated rings. The van der Waals surface area contributed by atoms with Crippen LogP contribution in [0.15, 0.2) is 18.2 Å². The standard InChI is InChI=1S/C17H26O3/c1-14-9-10-16(20-15-7-4-3-5-8-15)17(13-14)19-12-6-11-18-2/h9-10,13,15H,3-8,11-12H2,1-2H3. The van der Waals surface area contributed by atoms with Gasteiger partial charge in [-0.3, -0.25) is 0 Å². The van der Waals surface area contributed by atoms with Gasteiger partial charge in [0.1, 0.15) is 0 Å².